The molecule has 8 N–H and O–H groups in total. The van der Waals surface area contributed by atoms with Gasteiger partial charge in [-0.25, -0.2) is 0 Å². The van der Waals surface area contributed by atoms with Crippen LogP contribution >= 0.6 is 0 Å². The van der Waals surface area contributed by atoms with E-state index in [-0.39, 0.29) is 59.6 Å². The summed E-state index contributed by atoms with van der Waals surface area (Å²) in [5.74, 6) is -3.25. The van der Waals surface area contributed by atoms with Gasteiger partial charge in [0.1, 0.15) is 0 Å². The SMILES string of the molecule is CC(=O)[O-].CC(=O)[O-].CC(=O)[O-].O.O.O.O.[Ho+3]. The van der Waals surface area contributed by atoms with E-state index in [9.17, 15) is 0 Å². The fourth-order valence-electron chi connectivity index (χ4n) is 0. The summed E-state index contributed by atoms with van der Waals surface area (Å²) in [6.07, 6.45) is 0. The van der Waals surface area contributed by atoms with Gasteiger partial charge in [0.15, 0.2) is 0 Å². The molecular formula is C6H17HoO10. The van der Waals surface area contributed by atoms with Crippen LogP contribution in [0.2, 0.25) is 0 Å². The van der Waals surface area contributed by atoms with Gasteiger partial charge in [-0.15, -0.1) is 0 Å². The van der Waals surface area contributed by atoms with Crippen molar-refractivity contribution in [2.75, 3.05) is 0 Å². The molecule has 11 heteroatoms. The molecule has 0 saturated carbocycles. The van der Waals surface area contributed by atoms with E-state index in [0.29, 0.717) is 0 Å². The zero-order valence-electron chi connectivity index (χ0n) is 9.25. The first-order valence-electron chi connectivity index (χ1n) is 2.72. The standard InChI is InChI=1S/3C2H4O2.Ho.4H2O/c3*1-2(3)4;;;;;/h3*1H3,(H,3,4);;4*1H2/q;;;+3;;;;/p-3. The predicted molar refractivity (Wildman–Crippen MR) is 46.5 cm³/mol. The molecule has 0 spiro atoms. The maximum atomic E-state index is 8.89. The quantitative estimate of drug-likeness (QED) is 0.348. The zero-order valence-corrected chi connectivity index (χ0v) is 11.2. The summed E-state index contributed by atoms with van der Waals surface area (Å²) in [4.78, 5) is 26.7. The van der Waals surface area contributed by atoms with E-state index < -0.39 is 17.9 Å². The Bertz CT molecular complexity index is 118. The Hall–Kier alpha value is -0.490. The van der Waals surface area contributed by atoms with Gasteiger partial charge >= 0.3 is 37.7 Å². The molecule has 0 aliphatic heterocycles. The summed E-state index contributed by atoms with van der Waals surface area (Å²) in [5, 5.41) is 26.7. The van der Waals surface area contributed by atoms with Crippen LogP contribution in [0.3, 0.4) is 0 Å². The molecule has 0 aromatic heterocycles. The molecule has 0 fully saturated rings. The number of carboxylic acids is 3. The van der Waals surface area contributed by atoms with E-state index in [1.165, 1.54) is 0 Å². The van der Waals surface area contributed by atoms with Crippen LogP contribution in [0.5, 0.6) is 0 Å². The Morgan fingerprint density at radius 1 is 0.588 bits per heavy atom. The molecule has 112 valence electrons. The van der Waals surface area contributed by atoms with Crippen molar-refractivity contribution in [3.05, 3.63) is 0 Å². The van der Waals surface area contributed by atoms with Crippen LogP contribution in [-0.2, 0) is 14.4 Å². The number of carboxylic acid groups (broad SMARTS) is 3. The van der Waals surface area contributed by atoms with Crippen LogP contribution in [0.1, 0.15) is 20.8 Å². The third-order valence-corrected chi connectivity index (χ3v) is 0. The summed E-state index contributed by atoms with van der Waals surface area (Å²) in [6.45, 7) is 2.92. The zero-order chi connectivity index (χ0) is 10.7. The molecule has 0 aromatic rings. The fraction of sp³-hybridized carbons (Fsp3) is 0.500. The Kier molecular flexibility index (Phi) is 145. The van der Waals surface area contributed by atoms with Gasteiger partial charge in [0.25, 0.3) is 0 Å². The summed E-state index contributed by atoms with van der Waals surface area (Å²) in [6, 6.07) is 0. The molecule has 0 bridgehead atoms. The van der Waals surface area contributed by atoms with Crippen LogP contribution in [0.25, 0.3) is 0 Å². The molecule has 10 nitrogen and oxygen atoms in total. The minimum atomic E-state index is -1.08. The van der Waals surface area contributed by atoms with Gasteiger partial charge in [-0.1, -0.05) is 0 Å². The third-order valence-electron chi connectivity index (χ3n) is 0. The molecule has 0 radical (unpaired) electrons. The molecule has 0 aliphatic carbocycles. The van der Waals surface area contributed by atoms with Crippen molar-refractivity contribution in [2.45, 2.75) is 20.8 Å². The Balaban J connectivity index is -0.0000000104. The van der Waals surface area contributed by atoms with E-state index in [2.05, 4.69) is 0 Å². The van der Waals surface area contributed by atoms with Gasteiger partial charge in [-0.2, -0.15) is 0 Å². The maximum absolute atomic E-state index is 8.89. The second kappa shape index (κ2) is 45.1. The van der Waals surface area contributed by atoms with Crippen molar-refractivity contribution < 1.29 is 89.3 Å². The number of rotatable bonds is 0. The molecule has 0 heterocycles. The molecule has 0 aliphatic rings. The number of hydrogen-bond acceptors (Lipinski definition) is 6. The van der Waals surface area contributed by atoms with Crippen LogP contribution in [0.15, 0.2) is 0 Å². The van der Waals surface area contributed by atoms with Crippen molar-refractivity contribution >= 4 is 17.9 Å². The van der Waals surface area contributed by atoms with Gasteiger partial charge in [0, 0.05) is 17.9 Å². The van der Waals surface area contributed by atoms with Crippen LogP contribution < -0.4 is 15.3 Å². The van der Waals surface area contributed by atoms with Crippen molar-refractivity contribution in [3.63, 3.8) is 0 Å². The third kappa shape index (κ3) is 11800. The van der Waals surface area contributed by atoms with Crippen LogP contribution in [0.4, 0.5) is 0 Å². The molecule has 0 saturated heterocycles. The first kappa shape index (κ1) is 54.8. The summed E-state index contributed by atoms with van der Waals surface area (Å²) >= 11 is 0. The normalized spacial score (nSPS) is 4.41. The maximum Gasteiger partial charge on any atom is 3.00 e. The van der Waals surface area contributed by atoms with E-state index in [1.54, 1.807) is 0 Å². The predicted octanol–water partition coefficient (Wildman–Crippen LogP) is -7.03. The van der Waals surface area contributed by atoms with E-state index in [0.717, 1.165) is 20.8 Å². The second-order valence-electron chi connectivity index (χ2n) is 1.47. The van der Waals surface area contributed by atoms with Crippen molar-refractivity contribution in [3.8, 4) is 0 Å². The Morgan fingerprint density at radius 3 is 0.588 bits per heavy atom. The van der Waals surface area contributed by atoms with Crippen LogP contribution in [-0.4, -0.2) is 39.8 Å². The van der Waals surface area contributed by atoms with Gasteiger partial charge < -0.3 is 51.6 Å². The van der Waals surface area contributed by atoms with E-state index in [1.807, 2.05) is 0 Å². The average Bonchev–Trinajstić information content (AvgIpc) is 1.54. The first-order chi connectivity index (χ1) is 5.20. The van der Waals surface area contributed by atoms with Crippen LogP contribution in [0, 0.1) is 37.7 Å². The summed E-state index contributed by atoms with van der Waals surface area (Å²) in [7, 11) is 0. The van der Waals surface area contributed by atoms with E-state index in [4.69, 9.17) is 29.7 Å². The van der Waals surface area contributed by atoms with Gasteiger partial charge in [0.05, 0.1) is 0 Å². The van der Waals surface area contributed by atoms with E-state index >= 15 is 0 Å². The molecule has 0 aromatic carbocycles. The van der Waals surface area contributed by atoms with Crippen molar-refractivity contribution in [1.82, 2.24) is 0 Å². The second-order valence-corrected chi connectivity index (χ2v) is 1.47. The number of aliphatic carboxylic acids is 3. The Labute approximate surface area is 127 Å². The summed E-state index contributed by atoms with van der Waals surface area (Å²) in [5.41, 5.74) is 0. The summed E-state index contributed by atoms with van der Waals surface area (Å²) < 4.78 is 0. The topological polar surface area (TPSA) is 246 Å². The smallest absolute Gasteiger partial charge is 0.550 e. The minimum Gasteiger partial charge on any atom is -0.550 e. The van der Waals surface area contributed by atoms with Crippen molar-refractivity contribution in [1.29, 1.82) is 0 Å². The molecule has 0 atom stereocenters. The molecule has 0 unspecified atom stereocenters. The van der Waals surface area contributed by atoms with Gasteiger partial charge in [0.2, 0.25) is 0 Å². The monoisotopic (exact) mass is 414 g/mol. The molecule has 0 amide bonds. The number of carbonyl (C=O) groups is 3. The molecule has 0 rings (SSSR count). The van der Waals surface area contributed by atoms with Crippen molar-refractivity contribution in [2.24, 2.45) is 0 Å². The van der Waals surface area contributed by atoms with Gasteiger partial charge in [-0.05, 0) is 20.8 Å². The average molecular weight is 414 g/mol. The molecular weight excluding hydrogens is 397 g/mol. The van der Waals surface area contributed by atoms with Gasteiger partial charge in [-0.3, -0.25) is 0 Å². The fourth-order valence-corrected chi connectivity index (χ4v) is 0. The number of carbonyl (C=O) groups excluding carboxylic acids is 3. The molecule has 17 heavy (non-hydrogen) atoms. The Morgan fingerprint density at radius 2 is 0.588 bits per heavy atom. The largest absolute Gasteiger partial charge is 3.00 e. The number of hydrogen-bond donors (Lipinski definition) is 0. The first-order valence-corrected chi connectivity index (χ1v) is 2.72. The minimum absolute atomic E-state index is 0.